The number of amides is 1. The van der Waals surface area contributed by atoms with E-state index >= 15 is 0 Å². The highest BCUT2D eigenvalue weighted by molar-refractivity contribution is 5.93. The van der Waals surface area contributed by atoms with Crippen LogP contribution in [0.25, 0.3) is 11.3 Å². The molecule has 1 atom stereocenters. The molecule has 142 valence electrons. The lowest BCUT2D eigenvalue weighted by Crippen LogP contribution is -2.34. The van der Waals surface area contributed by atoms with Crippen molar-refractivity contribution in [3.05, 3.63) is 59.7 Å². The van der Waals surface area contributed by atoms with Gasteiger partial charge in [0.15, 0.2) is 11.5 Å². The molecule has 1 N–H and O–H groups in total. The van der Waals surface area contributed by atoms with Gasteiger partial charge in [0.05, 0.1) is 13.2 Å². The SMILES string of the molecule is COc1ccc(-c2cc(C(=O)NC[C@@H](c3ccc(C)o3)N(C)C)no2)cc1. The topological polar surface area (TPSA) is 80.7 Å². The summed E-state index contributed by atoms with van der Waals surface area (Å²) in [6.45, 7) is 2.29. The lowest BCUT2D eigenvalue weighted by molar-refractivity contribution is 0.0930. The van der Waals surface area contributed by atoms with Gasteiger partial charge in [-0.05, 0) is 57.4 Å². The number of aromatic nitrogens is 1. The van der Waals surface area contributed by atoms with Gasteiger partial charge in [0.25, 0.3) is 5.91 Å². The van der Waals surface area contributed by atoms with E-state index in [0.29, 0.717) is 12.3 Å². The molecule has 1 amide bonds. The molecule has 0 saturated carbocycles. The van der Waals surface area contributed by atoms with Gasteiger partial charge in [-0.25, -0.2) is 0 Å². The first-order chi connectivity index (χ1) is 13.0. The minimum absolute atomic E-state index is 0.0735. The molecule has 0 aliphatic heterocycles. The van der Waals surface area contributed by atoms with Gasteiger partial charge < -0.3 is 19.0 Å². The van der Waals surface area contributed by atoms with Crippen molar-refractivity contribution < 1.29 is 18.5 Å². The van der Waals surface area contributed by atoms with E-state index in [0.717, 1.165) is 22.8 Å². The van der Waals surface area contributed by atoms with Gasteiger partial charge in [0.1, 0.15) is 17.3 Å². The van der Waals surface area contributed by atoms with Gasteiger partial charge in [-0.15, -0.1) is 0 Å². The Hall–Kier alpha value is -3.06. The lowest BCUT2D eigenvalue weighted by atomic mass is 10.1. The first kappa shape index (κ1) is 18.7. The molecule has 7 heteroatoms. The Morgan fingerprint density at radius 1 is 1.22 bits per heavy atom. The molecule has 7 nitrogen and oxygen atoms in total. The van der Waals surface area contributed by atoms with Crippen LogP contribution in [0.15, 0.2) is 51.4 Å². The zero-order chi connectivity index (χ0) is 19.4. The van der Waals surface area contributed by atoms with Gasteiger partial charge in [-0.3, -0.25) is 9.69 Å². The summed E-state index contributed by atoms with van der Waals surface area (Å²) in [4.78, 5) is 14.4. The molecule has 0 bridgehead atoms. The number of methoxy groups -OCH3 is 1. The highest BCUT2D eigenvalue weighted by Crippen LogP contribution is 2.23. The fraction of sp³-hybridized carbons (Fsp3) is 0.300. The van der Waals surface area contributed by atoms with Crippen LogP contribution in [0.4, 0.5) is 0 Å². The molecule has 2 heterocycles. The Morgan fingerprint density at radius 2 is 1.96 bits per heavy atom. The second-order valence-electron chi connectivity index (χ2n) is 6.44. The van der Waals surface area contributed by atoms with E-state index in [2.05, 4.69) is 10.5 Å². The van der Waals surface area contributed by atoms with Crippen LogP contribution in [-0.2, 0) is 0 Å². The van der Waals surface area contributed by atoms with Gasteiger partial charge in [-0.2, -0.15) is 0 Å². The Kier molecular flexibility index (Phi) is 5.61. The number of carbonyl (C=O) groups excluding carboxylic acids is 1. The third-order valence-electron chi connectivity index (χ3n) is 4.29. The minimum Gasteiger partial charge on any atom is -0.497 e. The molecule has 0 radical (unpaired) electrons. The fourth-order valence-corrected chi connectivity index (χ4v) is 2.72. The van der Waals surface area contributed by atoms with Crippen LogP contribution in [0.3, 0.4) is 0 Å². The van der Waals surface area contributed by atoms with Crippen molar-refractivity contribution in [2.75, 3.05) is 27.7 Å². The Morgan fingerprint density at radius 3 is 2.56 bits per heavy atom. The van der Waals surface area contributed by atoms with Crippen molar-refractivity contribution in [2.45, 2.75) is 13.0 Å². The number of likely N-dealkylation sites (N-methyl/N-ethyl adjacent to an activating group) is 1. The van der Waals surface area contributed by atoms with E-state index in [9.17, 15) is 4.79 Å². The number of hydrogen-bond acceptors (Lipinski definition) is 6. The van der Waals surface area contributed by atoms with E-state index in [4.69, 9.17) is 13.7 Å². The van der Waals surface area contributed by atoms with Crippen molar-refractivity contribution >= 4 is 5.91 Å². The summed E-state index contributed by atoms with van der Waals surface area (Å²) in [5.41, 5.74) is 1.05. The molecule has 0 fully saturated rings. The summed E-state index contributed by atoms with van der Waals surface area (Å²) in [5.74, 6) is 2.61. The van der Waals surface area contributed by atoms with Crippen LogP contribution < -0.4 is 10.1 Å². The molecular formula is C20H23N3O4. The standard InChI is InChI=1S/C20H23N3O4/c1-13-5-10-18(26-13)17(23(2)3)12-21-20(24)16-11-19(27-22-16)14-6-8-15(25-4)9-7-14/h5-11,17H,12H2,1-4H3,(H,21,24)/t17-/m0/s1. The fourth-order valence-electron chi connectivity index (χ4n) is 2.72. The van der Waals surface area contributed by atoms with Gasteiger partial charge in [0, 0.05) is 18.2 Å². The zero-order valence-corrected chi connectivity index (χ0v) is 15.9. The second kappa shape index (κ2) is 8.09. The average Bonchev–Trinajstić information content (AvgIpc) is 3.31. The van der Waals surface area contributed by atoms with Gasteiger partial charge in [0.2, 0.25) is 0 Å². The predicted molar refractivity (Wildman–Crippen MR) is 101 cm³/mol. The number of aryl methyl sites for hydroxylation is 1. The van der Waals surface area contributed by atoms with E-state index < -0.39 is 0 Å². The van der Waals surface area contributed by atoms with Crippen LogP contribution in [0, 0.1) is 6.92 Å². The summed E-state index contributed by atoms with van der Waals surface area (Å²) in [5, 5.41) is 6.77. The van der Waals surface area contributed by atoms with Crippen LogP contribution in [0.5, 0.6) is 5.75 Å². The number of hydrogen-bond donors (Lipinski definition) is 1. The number of benzene rings is 1. The van der Waals surface area contributed by atoms with Gasteiger partial charge in [-0.1, -0.05) is 5.16 Å². The maximum absolute atomic E-state index is 12.5. The number of carbonyl (C=O) groups is 1. The first-order valence-corrected chi connectivity index (χ1v) is 8.60. The Bertz CT molecular complexity index is 896. The molecule has 3 aromatic rings. The minimum atomic E-state index is -0.298. The average molecular weight is 369 g/mol. The lowest BCUT2D eigenvalue weighted by Gasteiger charge is -2.22. The molecule has 1 aromatic carbocycles. The maximum atomic E-state index is 12.5. The number of furan rings is 1. The summed E-state index contributed by atoms with van der Waals surface area (Å²) in [7, 11) is 5.48. The van der Waals surface area contributed by atoms with E-state index in [-0.39, 0.29) is 17.6 Å². The molecule has 0 spiro atoms. The van der Waals surface area contributed by atoms with Crippen LogP contribution in [-0.4, -0.2) is 43.7 Å². The number of nitrogens with zero attached hydrogens (tertiary/aromatic N) is 2. The molecule has 2 aromatic heterocycles. The highest BCUT2D eigenvalue weighted by atomic mass is 16.5. The highest BCUT2D eigenvalue weighted by Gasteiger charge is 2.20. The Balaban J connectivity index is 1.66. The number of ether oxygens (including phenoxy) is 1. The van der Waals surface area contributed by atoms with Crippen molar-refractivity contribution in [3.63, 3.8) is 0 Å². The molecule has 0 saturated heterocycles. The zero-order valence-electron chi connectivity index (χ0n) is 15.9. The molecule has 0 unspecified atom stereocenters. The largest absolute Gasteiger partial charge is 0.497 e. The summed E-state index contributed by atoms with van der Waals surface area (Å²) in [6, 6.07) is 12.7. The van der Waals surface area contributed by atoms with Gasteiger partial charge >= 0.3 is 0 Å². The third-order valence-corrected chi connectivity index (χ3v) is 4.29. The van der Waals surface area contributed by atoms with Crippen molar-refractivity contribution in [2.24, 2.45) is 0 Å². The predicted octanol–water partition coefficient (Wildman–Crippen LogP) is 3.28. The smallest absolute Gasteiger partial charge is 0.273 e. The summed E-state index contributed by atoms with van der Waals surface area (Å²) < 4.78 is 16.1. The number of nitrogens with one attached hydrogen (secondary N) is 1. The van der Waals surface area contributed by atoms with Crippen LogP contribution in [0.1, 0.15) is 28.1 Å². The van der Waals surface area contributed by atoms with E-state index in [1.54, 1.807) is 13.2 Å². The summed E-state index contributed by atoms with van der Waals surface area (Å²) in [6.07, 6.45) is 0. The molecule has 27 heavy (non-hydrogen) atoms. The van der Waals surface area contributed by atoms with Crippen molar-refractivity contribution in [1.82, 2.24) is 15.4 Å². The quantitative estimate of drug-likeness (QED) is 0.688. The van der Waals surface area contributed by atoms with Crippen LogP contribution >= 0.6 is 0 Å². The van der Waals surface area contributed by atoms with E-state index in [1.807, 2.05) is 62.3 Å². The molecule has 0 aliphatic carbocycles. The Labute approximate surface area is 157 Å². The second-order valence-corrected chi connectivity index (χ2v) is 6.44. The molecule has 0 aliphatic rings. The maximum Gasteiger partial charge on any atom is 0.273 e. The molecular weight excluding hydrogens is 346 g/mol. The van der Waals surface area contributed by atoms with E-state index in [1.165, 1.54) is 0 Å². The first-order valence-electron chi connectivity index (χ1n) is 8.60. The van der Waals surface area contributed by atoms with Crippen molar-refractivity contribution in [1.29, 1.82) is 0 Å². The van der Waals surface area contributed by atoms with Crippen molar-refractivity contribution in [3.8, 4) is 17.1 Å². The number of rotatable bonds is 7. The normalized spacial score (nSPS) is 12.2. The van der Waals surface area contributed by atoms with Crippen LogP contribution in [0.2, 0.25) is 0 Å². The molecule has 3 rings (SSSR count). The third kappa shape index (κ3) is 4.38. The monoisotopic (exact) mass is 369 g/mol. The summed E-state index contributed by atoms with van der Waals surface area (Å²) >= 11 is 0.